The van der Waals surface area contributed by atoms with Crippen molar-refractivity contribution in [2.75, 3.05) is 17.3 Å². The van der Waals surface area contributed by atoms with E-state index in [0.717, 1.165) is 29.3 Å². The Morgan fingerprint density at radius 1 is 1.56 bits per heavy atom. The third-order valence-corrected chi connectivity index (χ3v) is 4.24. The number of thiophene rings is 1. The maximum atomic E-state index is 11.0. The minimum Gasteiger partial charge on any atom is -0.325 e. The van der Waals surface area contributed by atoms with Crippen molar-refractivity contribution in [3.8, 4) is 0 Å². The van der Waals surface area contributed by atoms with Gasteiger partial charge in [-0.3, -0.25) is 9.00 Å². The first-order valence-electron chi connectivity index (χ1n) is 5.86. The highest BCUT2D eigenvalue weighted by atomic mass is 32.2. The molecule has 2 unspecified atom stereocenters. The molecule has 0 spiro atoms. The highest BCUT2D eigenvalue weighted by Gasteiger charge is 2.08. The second-order valence-corrected chi connectivity index (χ2v) is 6.84. The van der Waals surface area contributed by atoms with Gasteiger partial charge >= 0.3 is 0 Å². The van der Waals surface area contributed by atoms with Gasteiger partial charge in [-0.2, -0.15) is 0 Å². The first kappa shape index (κ1) is 15.3. The van der Waals surface area contributed by atoms with E-state index in [-0.39, 0.29) is 5.91 Å². The smallest absolute Gasteiger partial charge is 0.221 e. The Labute approximate surface area is 115 Å². The maximum Gasteiger partial charge on any atom is 0.221 e. The summed E-state index contributed by atoms with van der Waals surface area (Å²) in [4.78, 5) is 12.1. The highest BCUT2D eigenvalue weighted by Crippen LogP contribution is 2.22. The molecule has 0 bridgehead atoms. The van der Waals surface area contributed by atoms with Crippen molar-refractivity contribution >= 4 is 33.7 Å². The first-order valence-corrected chi connectivity index (χ1v) is 8.47. The van der Waals surface area contributed by atoms with E-state index in [1.165, 1.54) is 6.92 Å². The molecule has 2 N–H and O–H groups in total. The van der Waals surface area contributed by atoms with Crippen LogP contribution in [0, 0.1) is 0 Å². The van der Waals surface area contributed by atoms with Gasteiger partial charge in [-0.05, 0) is 24.8 Å². The first-order chi connectivity index (χ1) is 8.49. The monoisotopic (exact) mass is 288 g/mol. The zero-order valence-electron chi connectivity index (χ0n) is 11.0. The van der Waals surface area contributed by atoms with Crippen LogP contribution in [0.5, 0.6) is 0 Å². The van der Waals surface area contributed by atoms with E-state index in [1.807, 2.05) is 11.4 Å². The fraction of sp³-hybridized carbons (Fsp3) is 0.583. The lowest BCUT2D eigenvalue weighted by Crippen LogP contribution is -2.27. The van der Waals surface area contributed by atoms with Crippen LogP contribution >= 0.6 is 11.3 Å². The van der Waals surface area contributed by atoms with Crippen molar-refractivity contribution in [3.63, 3.8) is 0 Å². The van der Waals surface area contributed by atoms with Gasteiger partial charge in [0.25, 0.3) is 0 Å². The average Bonchev–Trinajstić information content (AvgIpc) is 2.70. The molecule has 18 heavy (non-hydrogen) atoms. The minimum atomic E-state index is -0.733. The Morgan fingerprint density at radius 3 is 2.89 bits per heavy atom. The van der Waals surface area contributed by atoms with Gasteiger partial charge < -0.3 is 10.6 Å². The molecule has 1 rings (SSSR count). The summed E-state index contributed by atoms with van der Waals surface area (Å²) in [5.41, 5.74) is 0.881. The van der Waals surface area contributed by atoms with Gasteiger partial charge in [-0.15, -0.1) is 11.3 Å². The number of nitrogens with one attached hydrogen (secondary N) is 2. The normalized spacial score (nSPS) is 14.2. The lowest BCUT2D eigenvalue weighted by Gasteiger charge is -2.13. The fourth-order valence-corrected chi connectivity index (χ4v) is 2.96. The van der Waals surface area contributed by atoms with Crippen LogP contribution < -0.4 is 10.6 Å². The number of amides is 1. The predicted octanol–water partition coefficient (Wildman–Crippen LogP) is 1.95. The lowest BCUT2D eigenvalue weighted by molar-refractivity contribution is -0.114. The zero-order chi connectivity index (χ0) is 13.5. The van der Waals surface area contributed by atoms with Gasteiger partial charge in [0.15, 0.2) is 0 Å². The van der Waals surface area contributed by atoms with E-state index in [0.29, 0.717) is 6.04 Å². The molecule has 2 atom stereocenters. The topological polar surface area (TPSA) is 58.2 Å². The number of rotatable bonds is 7. The predicted molar refractivity (Wildman–Crippen MR) is 78.5 cm³/mol. The average molecular weight is 288 g/mol. The van der Waals surface area contributed by atoms with Gasteiger partial charge in [0.1, 0.15) is 0 Å². The summed E-state index contributed by atoms with van der Waals surface area (Å²) >= 11 is 1.62. The Kier molecular flexibility index (Phi) is 6.52. The molecule has 102 valence electrons. The van der Waals surface area contributed by atoms with Crippen molar-refractivity contribution in [2.45, 2.75) is 32.9 Å². The summed E-state index contributed by atoms with van der Waals surface area (Å²) in [6.07, 6.45) is 2.62. The lowest BCUT2D eigenvalue weighted by atomic mass is 10.2. The van der Waals surface area contributed by atoms with Crippen LogP contribution in [0.4, 0.5) is 5.69 Å². The highest BCUT2D eigenvalue weighted by molar-refractivity contribution is 7.84. The van der Waals surface area contributed by atoms with Crippen LogP contribution in [0.3, 0.4) is 0 Å². The van der Waals surface area contributed by atoms with Gasteiger partial charge in [0.05, 0.1) is 5.69 Å². The van der Waals surface area contributed by atoms with E-state index in [1.54, 1.807) is 17.6 Å². The van der Waals surface area contributed by atoms with Crippen LogP contribution in [-0.4, -0.2) is 28.2 Å². The number of anilines is 1. The second kappa shape index (κ2) is 7.66. The van der Waals surface area contributed by atoms with Crippen molar-refractivity contribution in [3.05, 3.63) is 16.3 Å². The molecule has 0 radical (unpaired) electrons. The van der Waals surface area contributed by atoms with Gasteiger partial charge in [-0.1, -0.05) is 0 Å². The fourth-order valence-electron chi connectivity index (χ4n) is 1.49. The van der Waals surface area contributed by atoms with Gasteiger partial charge in [0.2, 0.25) is 5.91 Å². The number of hydrogen-bond donors (Lipinski definition) is 2. The van der Waals surface area contributed by atoms with Crippen LogP contribution in [0.1, 0.15) is 25.1 Å². The minimum absolute atomic E-state index is 0.0518. The van der Waals surface area contributed by atoms with E-state index >= 15 is 0 Å². The molecule has 0 aliphatic rings. The van der Waals surface area contributed by atoms with E-state index < -0.39 is 10.8 Å². The van der Waals surface area contributed by atoms with Crippen LogP contribution in [0.2, 0.25) is 0 Å². The standard InChI is InChI=1S/C12H20N2O2S2/c1-9(5-7-18(3)16)13-8-12-11(4-6-17-12)14-10(2)15/h4,6,9,13H,5,7-8H2,1-3H3,(H,14,15). The molecule has 0 aliphatic carbocycles. The summed E-state index contributed by atoms with van der Waals surface area (Å²) in [6, 6.07) is 2.23. The third kappa shape index (κ3) is 5.75. The molecule has 0 saturated carbocycles. The second-order valence-electron chi connectivity index (χ2n) is 4.29. The summed E-state index contributed by atoms with van der Waals surface area (Å²) in [6.45, 7) is 4.32. The molecule has 4 nitrogen and oxygen atoms in total. The van der Waals surface area contributed by atoms with Crippen molar-refractivity contribution < 1.29 is 9.00 Å². The molecule has 0 aliphatic heterocycles. The van der Waals surface area contributed by atoms with E-state index in [2.05, 4.69) is 17.6 Å². The summed E-state index contributed by atoms with van der Waals surface area (Å²) < 4.78 is 11.0. The molecular formula is C12H20N2O2S2. The van der Waals surface area contributed by atoms with Crippen LogP contribution in [0.15, 0.2) is 11.4 Å². The largest absolute Gasteiger partial charge is 0.325 e. The Morgan fingerprint density at radius 2 is 2.28 bits per heavy atom. The van der Waals surface area contributed by atoms with Crippen molar-refractivity contribution in [1.29, 1.82) is 0 Å². The quantitative estimate of drug-likeness (QED) is 0.806. The molecule has 0 aromatic carbocycles. The van der Waals surface area contributed by atoms with Crippen LogP contribution in [0.25, 0.3) is 0 Å². The Balaban J connectivity index is 2.40. The summed E-state index contributed by atoms with van der Waals surface area (Å²) in [5.74, 6) is 0.668. The number of hydrogen-bond acceptors (Lipinski definition) is 4. The molecule has 1 heterocycles. The van der Waals surface area contributed by atoms with Crippen LogP contribution in [-0.2, 0) is 22.1 Å². The third-order valence-electron chi connectivity index (χ3n) is 2.51. The molecular weight excluding hydrogens is 268 g/mol. The Bertz CT molecular complexity index is 418. The van der Waals surface area contributed by atoms with Gasteiger partial charge in [-0.25, -0.2) is 0 Å². The number of carbonyl (C=O) groups excluding carboxylic acids is 1. The van der Waals surface area contributed by atoms with E-state index in [4.69, 9.17) is 0 Å². The van der Waals surface area contributed by atoms with E-state index in [9.17, 15) is 9.00 Å². The SMILES string of the molecule is CC(=O)Nc1ccsc1CNC(C)CCS(C)=O. The molecule has 0 fully saturated rings. The number of carbonyl (C=O) groups is 1. The molecule has 1 aromatic rings. The Hall–Kier alpha value is -0.720. The summed E-state index contributed by atoms with van der Waals surface area (Å²) in [5, 5.41) is 8.16. The molecule has 6 heteroatoms. The summed E-state index contributed by atoms with van der Waals surface area (Å²) in [7, 11) is -0.733. The molecule has 1 amide bonds. The van der Waals surface area contributed by atoms with Crippen molar-refractivity contribution in [2.24, 2.45) is 0 Å². The molecule has 1 aromatic heterocycles. The zero-order valence-corrected chi connectivity index (χ0v) is 12.6. The molecule has 0 saturated heterocycles. The maximum absolute atomic E-state index is 11.0. The van der Waals surface area contributed by atoms with Crippen molar-refractivity contribution in [1.82, 2.24) is 5.32 Å². The van der Waals surface area contributed by atoms with Gasteiger partial charge in [0, 0.05) is 47.2 Å².